The monoisotopic (exact) mass is 228 g/mol. The van der Waals surface area contributed by atoms with Gasteiger partial charge in [-0.25, -0.2) is 0 Å². The standard InChI is InChI=1S/C9H15Cl3/c10-8-6-4-2-1-3-5-7-9(11)12/h6,8-9H,1-5,7H2/b8-6+. The van der Waals surface area contributed by atoms with Gasteiger partial charge in [-0.05, 0) is 19.3 Å². The van der Waals surface area contributed by atoms with Crippen molar-refractivity contribution in [1.82, 2.24) is 0 Å². The number of allylic oxidation sites excluding steroid dienone is 1. The van der Waals surface area contributed by atoms with Gasteiger partial charge in [0.05, 0.1) is 0 Å². The molecule has 0 aromatic heterocycles. The number of unbranched alkanes of at least 4 members (excludes halogenated alkanes) is 4. The van der Waals surface area contributed by atoms with Gasteiger partial charge in [-0.15, -0.1) is 23.2 Å². The summed E-state index contributed by atoms with van der Waals surface area (Å²) in [7, 11) is 0. The molecule has 0 fully saturated rings. The quantitative estimate of drug-likeness (QED) is 0.431. The summed E-state index contributed by atoms with van der Waals surface area (Å²) in [5, 5.41) is 0. The Labute approximate surface area is 89.9 Å². The van der Waals surface area contributed by atoms with Crippen LogP contribution in [0.25, 0.3) is 0 Å². The summed E-state index contributed by atoms with van der Waals surface area (Å²) >= 11 is 16.5. The predicted molar refractivity (Wildman–Crippen MR) is 58.2 cm³/mol. The molecule has 72 valence electrons. The lowest BCUT2D eigenvalue weighted by Gasteiger charge is -2.00. The molecule has 0 saturated heterocycles. The molecule has 0 radical (unpaired) electrons. The number of alkyl halides is 2. The SMILES string of the molecule is Cl/C=C/CCCCCCC(Cl)Cl. The zero-order valence-electron chi connectivity index (χ0n) is 7.11. The molecule has 0 bridgehead atoms. The second kappa shape index (κ2) is 9.70. The summed E-state index contributed by atoms with van der Waals surface area (Å²) in [4.78, 5) is -0.187. The van der Waals surface area contributed by atoms with E-state index in [0.29, 0.717) is 0 Å². The highest BCUT2D eigenvalue weighted by Gasteiger charge is 1.96. The van der Waals surface area contributed by atoms with Gasteiger partial charge in [0.1, 0.15) is 4.84 Å². The molecule has 0 atom stereocenters. The van der Waals surface area contributed by atoms with Crippen molar-refractivity contribution < 1.29 is 0 Å². The Balaban J connectivity index is 2.91. The van der Waals surface area contributed by atoms with E-state index < -0.39 is 0 Å². The van der Waals surface area contributed by atoms with E-state index in [1.54, 1.807) is 5.54 Å². The van der Waals surface area contributed by atoms with Crippen LogP contribution in [0.4, 0.5) is 0 Å². The Morgan fingerprint density at radius 1 is 1.00 bits per heavy atom. The molecule has 0 aromatic carbocycles. The maximum absolute atomic E-state index is 5.58. The van der Waals surface area contributed by atoms with Gasteiger partial charge in [-0.1, -0.05) is 36.9 Å². The molecule has 0 aromatic rings. The molecule has 0 spiro atoms. The van der Waals surface area contributed by atoms with Crippen molar-refractivity contribution in [3.63, 3.8) is 0 Å². The molecule has 0 aliphatic carbocycles. The van der Waals surface area contributed by atoms with E-state index in [9.17, 15) is 0 Å². The molecule has 0 heterocycles. The van der Waals surface area contributed by atoms with Crippen LogP contribution in [0.5, 0.6) is 0 Å². The zero-order chi connectivity index (χ0) is 9.23. The highest BCUT2D eigenvalue weighted by molar-refractivity contribution is 6.44. The fourth-order valence-electron chi connectivity index (χ4n) is 0.977. The first kappa shape index (κ1) is 12.6. The van der Waals surface area contributed by atoms with E-state index >= 15 is 0 Å². The Hall–Kier alpha value is 0.610. The van der Waals surface area contributed by atoms with Gasteiger partial charge in [0.25, 0.3) is 0 Å². The number of hydrogen-bond acceptors (Lipinski definition) is 0. The first-order chi connectivity index (χ1) is 5.77. The Morgan fingerprint density at radius 2 is 1.67 bits per heavy atom. The zero-order valence-corrected chi connectivity index (χ0v) is 9.38. The predicted octanol–water partition coefficient (Wildman–Crippen LogP) is 4.88. The van der Waals surface area contributed by atoms with Gasteiger partial charge >= 0.3 is 0 Å². The molecule has 0 saturated carbocycles. The van der Waals surface area contributed by atoms with Crippen molar-refractivity contribution in [1.29, 1.82) is 0 Å². The smallest absolute Gasteiger partial charge is 0.105 e. The highest BCUT2D eigenvalue weighted by atomic mass is 35.5. The van der Waals surface area contributed by atoms with Crippen LogP contribution >= 0.6 is 34.8 Å². The summed E-state index contributed by atoms with van der Waals surface area (Å²) in [6.07, 6.45) is 8.76. The van der Waals surface area contributed by atoms with Crippen molar-refractivity contribution in [3.8, 4) is 0 Å². The molecule has 0 aliphatic heterocycles. The number of hydrogen-bond donors (Lipinski definition) is 0. The van der Waals surface area contributed by atoms with Crippen molar-refractivity contribution >= 4 is 34.8 Å². The highest BCUT2D eigenvalue weighted by Crippen LogP contribution is 2.13. The first-order valence-electron chi connectivity index (χ1n) is 4.30. The number of rotatable bonds is 7. The minimum Gasteiger partial charge on any atom is -0.105 e. The van der Waals surface area contributed by atoms with Crippen LogP contribution in [0.15, 0.2) is 11.6 Å². The maximum atomic E-state index is 5.58. The van der Waals surface area contributed by atoms with Crippen LogP contribution in [0.3, 0.4) is 0 Å². The van der Waals surface area contributed by atoms with Crippen LogP contribution in [0.1, 0.15) is 38.5 Å². The molecule has 12 heavy (non-hydrogen) atoms. The van der Waals surface area contributed by atoms with E-state index in [2.05, 4.69) is 0 Å². The van der Waals surface area contributed by atoms with Crippen molar-refractivity contribution in [2.75, 3.05) is 0 Å². The Kier molecular flexibility index (Phi) is 10.2. The fourth-order valence-corrected chi connectivity index (χ4v) is 1.41. The van der Waals surface area contributed by atoms with Crippen molar-refractivity contribution in [2.24, 2.45) is 0 Å². The molecule has 0 rings (SSSR count). The van der Waals surface area contributed by atoms with Gasteiger partial charge < -0.3 is 0 Å². The third-order valence-electron chi connectivity index (χ3n) is 1.63. The lowest BCUT2D eigenvalue weighted by Crippen LogP contribution is -1.86. The van der Waals surface area contributed by atoms with Crippen LogP contribution in [0, 0.1) is 0 Å². The minimum absolute atomic E-state index is 0.187. The van der Waals surface area contributed by atoms with Crippen LogP contribution in [-0.2, 0) is 0 Å². The average Bonchev–Trinajstić information content (AvgIpc) is 2.02. The second-order valence-electron chi connectivity index (χ2n) is 2.74. The molecule has 0 aliphatic rings. The third-order valence-corrected chi connectivity index (χ3v) is 2.25. The van der Waals surface area contributed by atoms with Gasteiger partial charge in [-0.2, -0.15) is 0 Å². The van der Waals surface area contributed by atoms with Gasteiger partial charge in [-0.3, -0.25) is 0 Å². The summed E-state index contributed by atoms with van der Waals surface area (Å²) < 4.78 is 0. The maximum Gasteiger partial charge on any atom is 0.107 e. The normalized spacial score (nSPS) is 11.7. The van der Waals surface area contributed by atoms with Crippen LogP contribution in [0.2, 0.25) is 0 Å². The minimum atomic E-state index is -0.187. The van der Waals surface area contributed by atoms with Crippen molar-refractivity contribution in [3.05, 3.63) is 11.6 Å². The summed E-state index contributed by atoms with van der Waals surface area (Å²) in [5.74, 6) is 0. The van der Waals surface area contributed by atoms with Gasteiger partial charge in [0.2, 0.25) is 0 Å². The lowest BCUT2D eigenvalue weighted by molar-refractivity contribution is 0.632. The molecule has 0 N–H and O–H groups in total. The van der Waals surface area contributed by atoms with Gasteiger partial charge in [0.15, 0.2) is 0 Å². The molecule has 0 nitrogen and oxygen atoms in total. The second-order valence-corrected chi connectivity index (χ2v) is 4.27. The fraction of sp³-hybridized carbons (Fsp3) is 0.778. The van der Waals surface area contributed by atoms with E-state index in [-0.39, 0.29) is 4.84 Å². The molecule has 0 amide bonds. The van der Waals surface area contributed by atoms with E-state index in [4.69, 9.17) is 34.8 Å². The molecule has 3 heteroatoms. The summed E-state index contributed by atoms with van der Waals surface area (Å²) in [6.45, 7) is 0. The first-order valence-corrected chi connectivity index (χ1v) is 5.61. The van der Waals surface area contributed by atoms with E-state index in [1.165, 1.54) is 19.3 Å². The Bertz CT molecular complexity index is 110. The third kappa shape index (κ3) is 10.6. The largest absolute Gasteiger partial charge is 0.107 e. The molecule has 0 unspecified atom stereocenters. The number of halogens is 3. The average molecular weight is 230 g/mol. The van der Waals surface area contributed by atoms with Crippen LogP contribution in [-0.4, -0.2) is 4.84 Å². The topological polar surface area (TPSA) is 0 Å². The summed E-state index contributed by atoms with van der Waals surface area (Å²) in [6, 6.07) is 0. The molecular weight excluding hydrogens is 214 g/mol. The molecular formula is C9H15Cl3. The Morgan fingerprint density at radius 3 is 2.25 bits per heavy atom. The van der Waals surface area contributed by atoms with Crippen molar-refractivity contribution in [2.45, 2.75) is 43.4 Å². The van der Waals surface area contributed by atoms with Gasteiger partial charge in [0, 0.05) is 5.54 Å². The van der Waals surface area contributed by atoms with E-state index in [0.717, 1.165) is 19.3 Å². The van der Waals surface area contributed by atoms with Crippen LogP contribution < -0.4 is 0 Å². The van der Waals surface area contributed by atoms with E-state index in [1.807, 2.05) is 6.08 Å². The lowest BCUT2D eigenvalue weighted by atomic mass is 10.1. The summed E-state index contributed by atoms with van der Waals surface area (Å²) in [5.41, 5.74) is 1.58.